The predicted octanol–water partition coefficient (Wildman–Crippen LogP) is 1.87. The van der Waals surface area contributed by atoms with Gasteiger partial charge in [-0.1, -0.05) is 42.8 Å². The number of nitrogens with one attached hydrogen (secondary N) is 2. The molecule has 1 aliphatic heterocycles. The van der Waals surface area contributed by atoms with Crippen LogP contribution in [0.15, 0.2) is 59.5 Å². The highest BCUT2D eigenvalue weighted by molar-refractivity contribution is 7.89. The van der Waals surface area contributed by atoms with Crippen LogP contribution in [0.2, 0.25) is 0 Å². The average molecular weight is 413 g/mol. The van der Waals surface area contributed by atoms with Crippen molar-refractivity contribution < 1.29 is 18.0 Å². The van der Waals surface area contributed by atoms with Gasteiger partial charge in [-0.15, -0.1) is 0 Å². The molecule has 2 N–H and O–H groups in total. The van der Waals surface area contributed by atoms with Crippen LogP contribution in [0.1, 0.15) is 24.8 Å². The summed E-state index contributed by atoms with van der Waals surface area (Å²) in [5.41, 5.74) is 0.841. The van der Waals surface area contributed by atoms with Gasteiger partial charge in [0.15, 0.2) is 0 Å². The van der Waals surface area contributed by atoms with Crippen LogP contribution < -0.4 is 10.6 Å². The Bertz CT molecular complexity index is 1030. The van der Waals surface area contributed by atoms with Gasteiger partial charge < -0.3 is 10.6 Å². The van der Waals surface area contributed by atoms with Gasteiger partial charge in [0.1, 0.15) is 0 Å². The highest BCUT2D eigenvalue weighted by atomic mass is 32.2. The number of anilines is 1. The SMILES string of the molecule is O=C1CN(S(=O)(=O)c2cccc(NC(=O)C3(c4ccccc4)CCC3)c2)CCN1. The molecule has 2 aromatic rings. The molecule has 152 valence electrons. The third-order valence-electron chi connectivity index (χ3n) is 5.70. The average Bonchev–Trinajstić information content (AvgIpc) is 2.68. The number of sulfonamides is 1. The van der Waals surface area contributed by atoms with Crippen molar-refractivity contribution in [1.82, 2.24) is 9.62 Å². The minimum atomic E-state index is -3.81. The maximum Gasteiger partial charge on any atom is 0.243 e. The van der Waals surface area contributed by atoms with Crippen LogP contribution in [0.5, 0.6) is 0 Å². The number of nitrogens with zero attached hydrogens (tertiary/aromatic N) is 1. The lowest BCUT2D eigenvalue weighted by Crippen LogP contribution is -2.49. The molecule has 1 aliphatic carbocycles. The summed E-state index contributed by atoms with van der Waals surface area (Å²) in [6, 6.07) is 15.9. The molecule has 0 unspecified atom stereocenters. The smallest absolute Gasteiger partial charge is 0.243 e. The van der Waals surface area contributed by atoms with E-state index in [9.17, 15) is 18.0 Å². The Morgan fingerprint density at radius 2 is 1.83 bits per heavy atom. The number of carbonyl (C=O) groups excluding carboxylic acids is 2. The lowest BCUT2D eigenvalue weighted by atomic mass is 9.64. The van der Waals surface area contributed by atoms with Gasteiger partial charge in [-0.2, -0.15) is 4.31 Å². The highest BCUT2D eigenvalue weighted by Crippen LogP contribution is 2.44. The maximum atomic E-state index is 13.1. The first-order valence-corrected chi connectivity index (χ1v) is 11.1. The van der Waals surface area contributed by atoms with E-state index in [2.05, 4.69) is 10.6 Å². The van der Waals surface area contributed by atoms with Gasteiger partial charge in [-0.3, -0.25) is 9.59 Å². The first kappa shape index (κ1) is 19.6. The molecule has 2 amide bonds. The molecule has 1 saturated heterocycles. The quantitative estimate of drug-likeness (QED) is 0.782. The highest BCUT2D eigenvalue weighted by Gasteiger charge is 2.45. The zero-order valence-electron chi connectivity index (χ0n) is 15.9. The zero-order valence-corrected chi connectivity index (χ0v) is 16.7. The second-order valence-corrected chi connectivity index (χ2v) is 9.41. The van der Waals surface area contributed by atoms with Gasteiger partial charge in [-0.05, 0) is 36.6 Å². The molecule has 0 atom stereocenters. The van der Waals surface area contributed by atoms with Crippen molar-refractivity contribution in [2.75, 3.05) is 25.0 Å². The number of benzene rings is 2. The van der Waals surface area contributed by atoms with Crippen molar-refractivity contribution in [3.63, 3.8) is 0 Å². The lowest BCUT2D eigenvalue weighted by molar-refractivity contribution is -0.124. The van der Waals surface area contributed by atoms with E-state index in [-0.39, 0.29) is 36.3 Å². The number of carbonyl (C=O) groups is 2. The monoisotopic (exact) mass is 413 g/mol. The predicted molar refractivity (Wildman–Crippen MR) is 109 cm³/mol. The number of hydrogen-bond acceptors (Lipinski definition) is 4. The fraction of sp³-hybridized carbons (Fsp3) is 0.333. The summed E-state index contributed by atoms with van der Waals surface area (Å²) in [6.07, 6.45) is 2.52. The van der Waals surface area contributed by atoms with Crippen LogP contribution in [0, 0.1) is 0 Å². The first-order chi connectivity index (χ1) is 13.9. The van der Waals surface area contributed by atoms with Crippen molar-refractivity contribution in [3.8, 4) is 0 Å². The standard InChI is InChI=1S/C21H23N3O4S/c25-19-15-24(13-12-22-19)29(27,28)18-9-4-8-17(14-18)23-20(26)21(10-5-11-21)16-6-2-1-3-7-16/h1-4,6-9,14H,5,10-13,15H2,(H,22,25)(H,23,26). The van der Waals surface area contributed by atoms with Gasteiger partial charge >= 0.3 is 0 Å². The maximum absolute atomic E-state index is 13.1. The second kappa shape index (κ2) is 7.61. The van der Waals surface area contributed by atoms with E-state index in [1.165, 1.54) is 12.1 Å². The Hall–Kier alpha value is -2.71. The van der Waals surface area contributed by atoms with E-state index < -0.39 is 15.4 Å². The van der Waals surface area contributed by atoms with Crippen molar-refractivity contribution in [1.29, 1.82) is 0 Å². The number of amides is 2. The molecular formula is C21H23N3O4S. The summed E-state index contributed by atoms with van der Waals surface area (Å²) in [5, 5.41) is 5.52. The van der Waals surface area contributed by atoms with Gasteiger partial charge in [0.2, 0.25) is 21.8 Å². The lowest BCUT2D eigenvalue weighted by Gasteiger charge is -2.40. The van der Waals surface area contributed by atoms with Crippen molar-refractivity contribution >= 4 is 27.5 Å². The number of hydrogen-bond donors (Lipinski definition) is 2. The summed E-state index contributed by atoms with van der Waals surface area (Å²) in [6.45, 7) is 0.311. The van der Waals surface area contributed by atoms with Crippen LogP contribution in [0.25, 0.3) is 0 Å². The summed E-state index contributed by atoms with van der Waals surface area (Å²) in [7, 11) is -3.81. The Labute approximate surface area is 170 Å². The van der Waals surface area contributed by atoms with Gasteiger partial charge in [-0.25, -0.2) is 8.42 Å². The molecule has 2 aliphatic rings. The van der Waals surface area contributed by atoms with Crippen LogP contribution in [0.4, 0.5) is 5.69 Å². The van der Waals surface area contributed by atoms with Crippen molar-refractivity contribution in [2.24, 2.45) is 0 Å². The van der Waals surface area contributed by atoms with Gasteiger partial charge in [0, 0.05) is 18.8 Å². The van der Waals surface area contributed by atoms with E-state index in [1.54, 1.807) is 12.1 Å². The van der Waals surface area contributed by atoms with E-state index >= 15 is 0 Å². The Kier molecular flexibility index (Phi) is 5.14. The normalized spacial score (nSPS) is 19.1. The molecule has 8 heteroatoms. The summed E-state index contributed by atoms with van der Waals surface area (Å²) in [4.78, 5) is 24.7. The minimum Gasteiger partial charge on any atom is -0.354 e. The van der Waals surface area contributed by atoms with Crippen LogP contribution in [-0.4, -0.2) is 44.2 Å². The molecule has 4 rings (SSSR count). The molecule has 0 bridgehead atoms. The van der Waals surface area contributed by atoms with Crippen LogP contribution in [-0.2, 0) is 25.0 Å². The van der Waals surface area contributed by atoms with Crippen molar-refractivity contribution in [2.45, 2.75) is 29.6 Å². The molecule has 0 spiro atoms. The van der Waals surface area contributed by atoms with Crippen LogP contribution >= 0.6 is 0 Å². The minimum absolute atomic E-state index is 0.0624. The molecule has 2 fully saturated rings. The molecule has 0 radical (unpaired) electrons. The Balaban J connectivity index is 1.56. The number of piperazine rings is 1. The third-order valence-corrected chi connectivity index (χ3v) is 7.54. The molecular weight excluding hydrogens is 390 g/mol. The second-order valence-electron chi connectivity index (χ2n) is 7.47. The molecule has 1 heterocycles. The number of rotatable bonds is 5. The van der Waals surface area contributed by atoms with E-state index in [4.69, 9.17) is 0 Å². The first-order valence-electron chi connectivity index (χ1n) is 9.66. The Morgan fingerprint density at radius 3 is 2.48 bits per heavy atom. The fourth-order valence-corrected chi connectivity index (χ4v) is 5.33. The fourth-order valence-electron chi connectivity index (χ4n) is 3.89. The van der Waals surface area contributed by atoms with Gasteiger partial charge in [0.05, 0.1) is 16.9 Å². The molecule has 2 aromatic carbocycles. The largest absolute Gasteiger partial charge is 0.354 e. The third kappa shape index (κ3) is 3.65. The van der Waals surface area contributed by atoms with E-state index in [0.717, 1.165) is 29.1 Å². The van der Waals surface area contributed by atoms with Gasteiger partial charge in [0.25, 0.3) is 0 Å². The molecule has 29 heavy (non-hydrogen) atoms. The van der Waals surface area contributed by atoms with Crippen LogP contribution in [0.3, 0.4) is 0 Å². The van der Waals surface area contributed by atoms with E-state index in [0.29, 0.717) is 5.69 Å². The summed E-state index contributed by atoms with van der Waals surface area (Å²) in [5.74, 6) is -0.444. The van der Waals surface area contributed by atoms with Crippen molar-refractivity contribution in [3.05, 3.63) is 60.2 Å². The summed E-state index contributed by atoms with van der Waals surface area (Å²) < 4.78 is 26.9. The Morgan fingerprint density at radius 1 is 1.07 bits per heavy atom. The van der Waals surface area contributed by atoms with E-state index in [1.807, 2.05) is 30.3 Å². The summed E-state index contributed by atoms with van der Waals surface area (Å²) >= 11 is 0. The molecule has 1 saturated carbocycles. The zero-order chi connectivity index (χ0) is 20.5. The molecule has 0 aromatic heterocycles. The molecule has 7 nitrogen and oxygen atoms in total. The topological polar surface area (TPSA) is 95.6 Å².